The lowest BCUT2D eigenvalue weighted by molar-refractivity contribution is -0.0481. The average molecular weight is 252 g/mol. The normalized spacial score (nSPS) is 34.2. The van der Waals surface area contributed by atoms with E-state index >= 15 is 0 Å². The molecule has 2 nitrogen and oxygen atoms in total. The van der Waals surface area contributed by atoms with E-state index < -0.39 is 0 Å². The van der Waals surface area contributed by atoms with E-state index in [-0.39, 0.29) is 5.60 Å². The predicted molar refractivity (Wildman–Crippen MR) is 72.5 cm³/mol. The first-order valence-corrected chi connectivity index (χ1v) is 8.04. The van der Waals surface area contributed by atoms with Crippen molar-refractivity contribution in [3.63, 3.8) is 0 Å². The highest BCUT2D eigenvalue weighted by molar-refractivity contribution is 4.95. The first kappa shape index (κ1) is 12.9. The van der Waals surface area contributed by atoms with Gasteiger partial charge in [-0.25, -0.2) is 0 Å². The summed E-state index contributed by atoms with van der Waals surface area (Å²) in [7, 11) is 0. The van der Waals surface area contributed by atoms with E-state index in [1.165, 1.54) is 51.4 Å². The van der Waals surface area contributed by atoms with Gasteiger partial charge in [-0.1, -0.05) is 12.8 Å². The lowest BCUT2D eigenvalue weighted by Gasteiger charge is -2.42. The Morgan fingerprint density at radius 3 is 2.28 bits per heavy atom. The molecule has 2 saturated carbocycles. The highest BCUT2D eigenvalue weighted by Gasteiger charge is 2.42. The number of aliphatic hydroxyl groups is 1. The van der Waals surface area contributed by atoms with Crippen LogP contribution in [0.15, 0.2) is 0 Å². The van der Waals surface area contributed by atoms with Crippen molar-refractivity contribution in [3.05, 3.63) is 0 Å². The van der Waals surface area contributed by atoms with Crippen LogP contribution in [0, 0.1) is 5.41 Å². The van der Waals surface area contributed by atoms with Gasteiger partial charge in [-0.15, -0.1) is 0 Å². The highest BCUT2D eigenvalue weighted by Crippen LogP contribution is 2.52. The molecule has 3 fully saturated rings. The molecule has 0 aromatic rings. The molecule has 2 heteroatoms. The maximum absolute atomic E-state index is 10.7. The van der Waals surface area contributed by atoms with Crippen molar-refractivity contribution in [3.8, 4) is 0 Å². The van der Waals surface area contributed by atoms with Crippen LogP contribution in [0.5, 0.6) is 0 Å². The average Bonchev–Trinajstić information content (AvgIpc) is 3.04. The second kappa shape index (κ2) is 5.13. The molecule has 0 aromatic carbocycles. The molecule has 1 saturated heterocycles. The fraction of sp³-hybridized carbons (Fsp3) is 1.00. The van der Waals surface area contributed by atoms with Crippen LogP contribution >= 0.6 is 0 Å². The van der Waals surface area contributed by atoms with Gasteiger partial charge >= 0.3 is 0 Å². The molecule has 0 amide bonds. The Hall–Kier alpha value is -0.0800. The molecule has 0 aromatic heterocycles. The van der Waals surface area contributed by atoms with Gasteiger partial charge in [0.25, 0.3) is 0 Å². The summed E-state index contributed by atoms with van der Waals surface area (Å²) in [6.45, 7) is 0.937. The minimum absolute atomic E-state index is 0.361. The molecular formula is C16H28O2. The smallest absolute Gasteiger partial charge is 0.0649 e. The van der Waals surface area contributed by atoms with Crippen LogP contribution in [0.2, 0.25) is 0 Å². The zero-order valence-electron chi connectivity index (χ0n) is 11.6. The molecule has 3 rings (SSSR count). The first-order valence-electron chi connectivity index (χ1n) is 8.04. The fourth-order valence-corrected chi connectivity index (χ4v) is 4.42. The van der Waals surface area contributed by atoms with E-state index in [4.69, 9.17) is 4.74 Å². The van der Waals surface area contributed by atoms with Gasteiger partial charge in [0.15, 0.2) is 0 Å². The van der Waals surface area contributed by atoms with Gasteiger partial charge in [-0.05, 0) is 69.6 Å². The number of hydrogen-bond donors (Lipinski definition) is 1. The lowest BCUT2D eigenvalue weighted by Crippen LogP contribution is -2.38. The summed E-state index contributed by atoms with van der Waals surface area (Å²) in [6.07, 6.45) is 15.2. The van der Waals surface area contributed by atoms with Gasteiger partial charge in [0.05, 0.1) is 11.7 Å². The molecule has 1 N–H and O–H groups in total. The molecular weight excluding hydrogens is 224 g/mol. The van der Waals surface area contributed by atoms with Crippen molar-refractivity contribution < 1.29 is 9.84 Å². The minimum Gasteiger partial charge on any atom is -0.390 e. The van der Waals surface area contributed by atoms with Gasteiger partial charge in [-0.3, -0.25) is 0 Å². The number of ether oxygens (including phenoxy) is 1. The van der Waals surface area contributed by atoms with Crippen LogP contribution in [0.4, 0.5) is 0 Å². The maximum Gasteiger partial charge on any atom is 0.0649 e. The Labute approximate surface area is 111 Å². The Kier molecular flexibility index (Phi) is 3.68. The van der Waals surface area contributed by atoms with E-state index in [1.54, 1.807) is 0 Å². The molecule has 2 aliphatic carbocycles. The van der Waals surface area contributed by atoms with Gasteiger partial charge in [0.1, 0.15) is 0 Å². The van der Waals surface area contributed by atoms with Crippen molar-refractivity contribution in [2.45, 2.75) is 88.8 Å². The summed E-state index contributed by atoms with van der Waals surface area (Å²) in [5.41, 5.74) is 0.274. The molecule has 1 aliphatic heterocycles. The second-order valence-corrected chi connectivity index (χ2v) is 7.11. The maximum atomic E-state index is 10.7. The standard InChI is InChI=1S/C16H28O2/c17-16(8-5-14-4-3-13-18-14)11-9-15(10-12-16)6-1-2-7-15/h14,17H,1-13H2. The van der Waals surface area contributed by atoms with E-state index in [0.717, 1.165) is 32.3 Å². The van der Waals surface area contributed by atoms with Crippen molar-refractivity contribution in [1.82, 2.24) is 0 Å². The minimum atomic E-state index is -0.361. The number of hydrogen-bond acceptors (Lipinski definition) is 2. The molecule has 1 heterocycles. The molecule has 1 unspecified atom stereocenters. The summed E-state index contributed by atoms with van der Waals surface area (Å²) in [5, 5.41) is 10.7. The second-order valence-electron chi connectivity index (χ2n) is 7.11. The Morgan fingerprint density at radius 1 is 0.944 bits per heavy atom. The van der Waals surface area contributed by atoms with E-state index in [2.05, 4.69) is 0 Å². The Morgan fingerprint density at radius 2 is 1.67 bits per heavy atom. The highest BCUT2D eigenvalue weighted by atomic mass is 16.5. The summed E-state index contributed by atoms with van der Waals surface area (Å²) in [5.74, 6) is 0. The van der Waals surface area contributed by atoms with E-state index in [9.17, 15) is 5.11 Å². The van der Waals surface area contributed by atoms with Crippen LogP contribution in [0.3, 0.4) is 0 Å². The zero-order chi connectivity index (χ0) is 12.5. The Balaban J connectivity index is 1.47. The van der Waals surface area contributed by atoms with Crippen LogP contribution in [-0.2, 0) is 4.74 Å². The number of rotatable bonds is 3. The van der Waals surface area contributed by atoms with Crippen molar-refractivity contribution in [2.75, 3.05) is 6.61 Å². The molecule has 1 atom stereocenters. The van der Waals surface area contributed by atoms with Crippen molar-refractivity contribution in [2.24, 2.45) is 5.41 Å². The summed E-state index contributed by atoms with van der Waals surface area (Å²) in [6, 6.07) is 0. The van der Waals surface area contributed by atoms with E-state index in [0.29, 0.717) is 11.5 Å². The molecule has 1 spiro atoms. The predicted octanol–water partition coefficient (Wildman–Crippen LogP) is 3.81. The summed E-state index contributed by atoms with van der Waals surface area (Å²) < 4.78 is 5.67. The fourth-order valence-electron chi connectivity index (χ4n) is 4.42. The van der Waals surface area contributed by atoms with Crippen LogP contribution in [0.1, 0.15) is 77.0 Å². The first-order chi connectivity index (χ1) is 8.70. The van der Waals surface area contributed by atoms with Gasteiger partial charge in [-0.2, -0.15) is 0 Å². The quantitative estimate of drug-likeness (QED) is 0.827. The molecule has 18 heavy (non-hydrogen) atoms. The van der Waals surface area contributed by atoms with Crippen LogP contribution in [-0.4, -0.2) is 23.4 Å². The molecule has 3 aliphatic rings. The summed E-state index contributed by atoms with van der Waals surface area (Å²) >= 11 is 0. The Bertz CT molecular complexity index is 259. The van der Waals surface area contributed by atoms with Crippen molar-refractivity contribution in [1.29, 1.82) is 0 Å². The van der Waals surface area contributed by atoms with Gasteiger partial charge in [0, 0.05) is 6.61 Å². The van der Waals surface area contributed by atoms with Gasteiger partial charge < -0.3 is 9.84 Å². The van der Waals surface area contributed by atoms with Crippen LogP contribution in [0.25, 0.3) is 0 Å². The molecule has 0 radical (unpaired) electrons. The third kappa shape index (κ3) is 2.75. The third-order valence-corrected chi connectivity index (χ3v) is 5.86. The SMILES string of the molecule is OC1(CCC2CCCO2)CCC2(CCCC2)CC1. The van der Waals surface area contributed by atoms with Gasteiger partial charge in [0.2, 0.25) is 0 Å². The summed E-state index contributed by atoms with van der Waals surface area (Å²) in [4.78, 5) is 0. The van der Waals surface area contributed by atoms with Crippen molar-refractivity contribution >= 4 is 0 Å². The molecule has 0 bridgehead atoms. The lowest BCUT2D eigenvalue weighted by atomic mass is 9.66. The monoisotopic (exact) mass is 252 g/mol. The van der Waals surface area contributed by atoms with Crippen LogP contribution < -0.4 is 0 Å². The zero-order valence-corrected chi connectivity index (χ0v) is 11.6. The van der Waals surface area contributed by atoms with E-state index in [1.807, 2.05) is 0 Å². The largest absolute Gasteiger partial charge is 0.390 e. The molecule has 104 valence electrons. The third-order valence-electron chi connectivity index (χ3n) is 5.86. The topological polar surface area (TPSA) is 29.5 Å².